The Balaban J connectivity index is 1.94. The van der Waals surface area contributed by atoms with Gasteiger partial charge in [-0.25, -0.2) is 9.97 Å². The number of fused-ring (bicyclic) bond motifs is 1. The van der Waals surface area contributed by atoms with Gasteiger partial charge in [-0.15, -0.1) is 0 Å². The molecule has 1 aliphatic heterocycles. The summed E-state index contributed by atoms with van der Waals surface area (Å²) in [6.45, 7) is 1.69. The largest absolute Gasteiger partial charge is 0.311 e. The maximum absolute atomic E-state index is 12.4. The Morgan fingerprint density at radius 1 is 1.29 bits per heavy atom. The van der Waals surface area contributed by atoms with Gasteiger partial charge in [-0.1, -0.05) is 12.8 Å². The highest BCUT2D eigenvalue weighted by Crippen LogP contribution is 2.29. The first-order valence-electron chi connectivity index (χ1n) is 6.44. The molecule has 1 N–H and O–H groups in total. The molecule has 2 aliphatic rings. The number of Topliss-reactive ketones (excluding diaryl/α,β-unsaturated/α-hetero) is 1. The van der Waals surface area contributed by atoms with Crippen molar-refractivity contribution in [1.82, 2.24) is 15.3 Å². The number of hydrogen-bond donors (Lipinski definition) is 1. The molecule has 1 fully saturated rings. The van der Waals surface area contributed by atoms with Crippen molar-refractivity contribution in [2.75, 3.05) is 6.54 Å². The number of ketones is 1. The highest BCUT2D eigenvalue weighted by atomic mass is 16.1. The van der Waals surface area contributed by atoms with E-state index in [-0.39, 0.29) is 11.7 Å². The van der Waals surface area contributed by atoms with Crippen LogP contribution in [-0.4, -0.2) is 22.3 Å². The molecule has 1 aromatic heterocycles. The van der Waals surface area contributed by atoms with E-state index >= 15 is 0 Å². The van der Waals surface area contributed by atoms with Gasteiger partial charge in [0.2, 0.25) is 0 Å². The third kappa shape index (κ3) is 1.97. The number of carbonyl (C=O) groups excluding carboxylic acids is 1. The Bertz CT molecular complexity index is 438. The second-order valence-electron chi connectivity index (χ2n) is 4.92. The maximum atomic E-state index is 12.4. The monoisotopic (exact) mass is 231 g/mol. The van der Waals surface area contributed by atoms with E-state index in [1.807, 2.05) is 0 Å². The third-order valence-electron chi connectivity index (χ3n) is 3.84. The number of rotatable bonds is 2. The quantitative estimate of drug-likeness (QED) is 0.784. The summed E-state index contributed by atoms with van der Waals surface area (Å²) in [5.41, 5.74) is 2.79. The molecule has 0 saturated heterocycles. The molecule has 4 heteroatoms. The summed E-state index contributed by atoms with van der Waals surface area (Å²) in [6.07, 6.45) is 6.86. The number of nitrogens with one attached hydrogen (secondary N) is 1. The third-order valence-corrected chi connectivity index (χ3v) is 3.84. The lowest BCUT2D eigenvalue weighted by molar-refractivity contribution is 0.0916. The lowest BCUT2D eigenvalue weighted by atomic mass is 9.94. The molecule has 0 aromatic carbocycles. The summed E-state index contributed by atoms with van der Waals surface area (Å²) in [5, 5.41) is 3.28. The van der Waals surface area contributed by atoms with E-state index in [4.69, 9.17) is 0 Å². The van der Waals surface area contributed by atoms with E-state index in [2.05, 4.69) is 15.3 Å². The first kappa shape index (κ1) is 10.8. The first-order valence-corrected chi connectivity index (χ1v) is 6.44. The van der Waals surface area contributed by atoms with Gasteiger partial charge in [0.25, 0.3) is 0 Å². The zero-order valence-corrected chi connectivity index (χ0v) is 9.91. The van der Waals surface area contributed by atoms with Gasteiger partial charge in [0.15, 0.2) is 5.78 Å². The fourth-order valence-electron chi connectivity index (χ4n) is 2.88. The minimum Gasteiger partial charge on any atom is -0.311 e. The zero-order valence-electron chi connectivity index (χ0n) is 9.91. The molecule has 1 aliphatic carbocycles. The van der Waals surface area contributed by atoms with Gasteiger partial charge >= 0.3 is 0 Å². The molecule has 0 bridgehead atoms. The summed E-state index contributed by atoms with van der Waals surface area (Å²) in [4.78, 5) is 20.9. The molecule has 1 saturated carbocycles. The molecule has 0 spiro atoms. The van der Waals surface area contributed by atoms with Crippen LogP contribution in [0.4, 0.5) is 0 Å². The highest BCUT2D eigenvalue weighted by Gasteiger charge is 2.28. The molecule has 3 rings (SSSR count). The van der Waals surface area contributed by atoms with E-state index in [0.29, 0.717) is 5.69 Å². The minimum atomic E-state index is 0.212. The van der Waals surface area contributed by atoms with Gasteiger partial charge < -0.3 is 5.32 Å². The van der Waals surface area contributed by atoms with Crippen molar-refractivity contribution in [3.8, 4) is 0 Å². The fourth-order valence-corrected chi connectivity index (χ4v) is 2.88. The van der Waals surface area contributed by atoms with Crippen LogP contribution >= 0.6 is 0 Å². The number of hydrogen-bond acceptors (Lipinski definition) is 4. The van der Waals surface area contributed by atoms with Crippen LogP contribution in [-0.2, 0) is 13.0 Å². The van der Waals surface area contributed by atoms with E-state index in [1.165, 1.54) is 19.2 Å². The van der Waals surface area contributed by atoms with Gasteiger partial charge in [0, 0.05) is 18.0 Å². The van der Waals surface area contributed by atoms with Crippen LogP contribution in [0.25, 0.3) is 0 Å². The molecular formula is C13H17N3O. The van der Waals surface area contributed by atoms with Crippen molar-refractivity contribution in [3.05, 3.63) is 23.3 Å². The smallest absolute Gasteiger partial charge is 0.184 e. The molecule has 0 radical (unpaired) electrons. The topological polar surface area (TPSA) is 54.9 Å². The summed E-state index contributed by atoms with van der Waals surface area (Å²) in [7, 11) is 0. The Hall–Kier alpha value is -1.29. The van der Waals surface area contributed by atoms with Crippen LogP contribution in [0, 0.1) is 5.92 Å². The predicted octanol–water partition coefficient (Wildman–Crippen LogP) is 1.50. The summed E-state index contributed by atoms with van der Waals surface area (Å²) in [5.74, 6) is 0.465. The normalized spacial score (nSPS) is 20.2. The van der Waals surface area contributed by atoms with Crippen LogP contribution in [0.3, 0.4) is 0 Å². The standard InChI is InChI=1S/C13H17N3O/c17-13(9-3-1-2-4-9)12-10-5-6-14-7-11(10)15-8-16-12/h8-9,14H,1-7H2. The molecule has 90 valence electrons. The Morgan fingerprint density at radius 2 is 2.12 bits per heavy atom. The average Bonchev–Trinajstić information content (AvgIpc) is 2.91. The number of nitrogens with zero attached hydrogens (tertiary/aromatic N) is 2. The molecule has 17 heavy (non-hydrogen) atoms. The molecule has 4 nitrogen and oxygen atoms in total. The van der Waals surface area contributed by atoms with Crippen molar-refractivity contribution in [2.45, 2.75) is 38.6 Å². The average molecular weight is 231 g/mol. The van der Waals surface area contributed by atoms with Crippen LogP contribution in [0.5, 0.6) is 0 Å². The second-order valence-corrected chi connectivity index (χ2v) is 4.92. The van der Waals surface area contributed by atoms with Crippen LogP contribution in [0.2, 0.25) is 0 Å². The Labute approximate surface area is 101 Å². The lowest BCUT2D eigenvalue weighted by Crippen LogP contribution is -2.28. The van der Waals surface area contributed by atoms with Gasteiger partial charge in [-0.3, -0.25) is 4.79 Å². The minimum absolute atomic E-state index is 0.212. The highest BCUT2D eigenvalue weighted by molar-refractivity contribution is 5.97. The number of aromatic nitrogens is 2. The van der Waals surface area contributed by atoms with Crippen LogP contribution < -0.4 is 5.32 Å². The van der Waals surface area contributed by atoms with Gasteiger partial charge in [-0.2, -0.15) is 0 Å². The van der Waals surface area contributed by atoms with Crippen molar-refractivity contribution < 1.29 is 4.79 Å². The van der Waals surface area contributed by atoms with E-state index in [9.17, 15) is 4.79 Å². The predicted molar refractivity (Wildman–Crippen MR) is 63.7 cm³/mol. The summed E-state index contributed by atoms with van der Waals surface area (Å²) >= 11 is 0. The van der Waals surface area contributed by atoms with Crippen molar-refractivity contribution in [3.63, 3.8) is 0 Å². The molecule has 2 heterocycles. The Kier molecular flexibility index (Phi) is 2.89. The SMILES string of the molecule is O=C(c1ncnc2c1CCNC2)C1CCCC1. The van der Waals surface area contributed by atoms with Crippen LogP contribution in [0.15, 0.2) is 6.33 Å². The summed E-state index contributed by atoms with van der Waals surface area (Å²) in [6, 6.07) is 0. The fraction of sp³-hybridized carbons (Fsp3) is 0.615. The molecule has 1 aromatic rings. The first-order chi connectivity index (χ1) is 8.36. The van der Waals surface area contributed by atoms with Gasteiger partial charge in [-0.05, 0) is 25.8 Å². The van der Waals surface area contributed by atoms with E-state index < -0.39 is 0 Å². The molecular weight excluding hydrogens is 214 g/mol. The van der Waals surface area contributed by atoms with E-state index in [0.717, 1.165) is 43.6 Å². The van der Waals surface area contributed by atoms with Crippen molar-refractivity contribution >= 4 is 5.78 Å². The molecule has 0 atom stereocenters. The maximum Gasteiger partial charge on any atom is 0.184 e. The van der Waals surface area contributed by atoms with Gasteiger partial charge in [0.05, 0.1) is 5.69 Å². The van der Waals surface area contributed by atoms with Crippen molar-refractivity contribution in [1.29, 1.82) is 0 Å². The zero-order chi connectivity index (χ0) is 11.7. The number of carbonyl (C=O) groups is 1. The van der Waals surface area contributed by atoms with Crippen LogP contribution in [0.1, 0.15) is 47.4 Å². The van der Waals surface area contributed by atoms with Gasteiger partial charge in [0.1, 0.15) is 12.0 Å². The Morgan fingerprint density at radius 3 is 2.94 bits per heavy atom. The second kappa shape index (κ2) is 4.53. The molecule has 0 unspecified atom stereocenters. The van der Waals surface area contributed by atoms with Crippen molar-refractivity contribution in [2.24, 2.45) is 5.92 Å². The summed E-state index contributed by atoms with van der Waals surface area (Å²) < 4.78 is 0. The molecule has 0 amide bonds. The van der Waals surface area contributed by atoms with E-state index in [1.54, 1.807) is 0 Å². The lowest BCUT2D eigenvalue weighted by Gasteiger charge is -2.19.